The highest BCUT2D eigenvalue weighted by atomic mass is 35.5. The van der Waals surface area contributed by atoms with E-state index in [1.54, 1.807) is 14.2 Å². The third kappa shape index (κ3) is 3.23. The summed E-state index contributed by atoms with van der Waals surface area (Å²) in [4.78, 5) is 4.62. The van der Waals surface area contributed by atoms with Crippen molar-refractivity contribution < 1.29 is 13.9 Å². The zero-order valence-corrected chi connectivity index (χ0v) is 17.9. The zero-order valence-electron chi connectivity index (χ0n) is 17.1. The molecule has 0 radical (unpaired) electrons. The topological polar surface area (TPSA) is 44.5 Å². The van der Waals surface area contributed by atoms with Crippen molar-refractivity contribution in [1.82, 2.24) is 4.98 Å². The van der Waals surface area contributed by atoms with Gasteiger partial charge in [0, 0.05) is 28.0 Å². The minimum absolute atomic E-state index is 0. The molecule has 0 N–H and O–H groups in total. The Morgan fingerprint density at radius 1 is 0.800 bits per heavy atom. The zero-order chi connectivity index (χ0) is 20.0. The minimum Gasteiger partial charge on any atom is -0.493 e. The number of furan rings is 1. The van der Waals surface area contributed by atoms with Gasteiger partial charge in [0.2, 0.25) is 0 Å². The second-order valence-electron chi connectivity index (χ2n) is 7.23. The number of para-hydroxylation sites is 1. The number of ether oxygens (including phenoxy) is 2. The van der Waals surface area contributed by atoms with Crippen LogP contribution >= 0.6 is 12.4 Å². The van der Waals surface area contributed by atoms with E-state index in [-0.39, 0.29) is 12.4 Å². The third-order valence-corrected chi connectivity index (χ3v) is 5.51. The number of pyridine rings is 1. The first-order chi connectivity index (χ1) is 14.2. The smallest absolute Gasteiger partial charge is 0.161 e. The molecule has 0 bridgehead atoms. The third-order valence-electron chi connectivity index (χ3n) is 5.51. The van der Waals surface area contributed by atoms with E-state index in [1.165, 1.54) is 5.56 Å². The summed E-state index contributed by atoms with van der Waals surface area (Å²) in [5.74, 6) is 1.44. The van der Waals surface area contributed by atoms with Gasteiger partial charge < -0.3 is 13.9 Å². The molecule has 0 amide bonds. The van der Waals surface area contributed by atoms with Crippen LogP contribution in [0.3, 0.4) is 0 Å². The number of nitrogens with zero attached hydrogens (tertiary/aromatic N) is 1. The van der Waals surface area contributed by atoms with Crippen molar-refractivity contribution in [3.05, 3.63) is 77.6 Å². The lowest BCUT2D eigenvalue weighted by molar-refractivity contribution is 0.356. The van der Waals surface area contributed by atoms with Crippen LogP contribution in [0.2, 0.25) is 0 Å². The average Bonchev–Trinajstić information content (AvgIpc) is 3.13. The molecule has 5 rings (SSSR count). The monoisotopic (exact) mass is 419 g/mol. The summed E-state index contributed by atoms with van der Waals surface area (Å²) < 4.78 is 17.0. The fourth-order valence-electron chi connectivity index (χ4n) is 4.00. The van der Waals surface area contributed by atoms with Crippen LogP contribution in [-0.4, -0.2) is 19.2 Å². The van der Waals surface area contributed by atoms with Crippen molar-refractivity contribution in [2.75, 3.05) is 14.2 Å². The molecule has 152 valence electrons. The summed E-state index contributed by atoms with van der Waals surface area (Å²) in [5, 5.41) is 4.49. The van der Waals surface area contributed by atoms with Gasteiger partial charge in [0.05, 0.1) is 14.2 Å². The standard InChI is InChI=1S/C25H21NO3.ClH/c1-15-19-12-24(27-2)25(28-3)13-20(19)17(14-26-15)10-16-8-9-23-21(11-16)18-6-4-5-7-22(18)29-23;/h4-9,11-14H,10H2,1-3H3;1H. The quantitative estimate of drug-likeness (QED) is 0.334. The Morgan fingerprint density at radius 3 is 2.27 bits per heavy atom. The van der Waals surface area contributed by atoms with Crippen LogP contribution < -0.4 is 9.47 Å². The molecule has 0 unspecified atom stereocenters. The van der Waals surface area contributed by atoms with Crippen LogP contribution in [-0.2, 0) is 6.42 Å². The molecular formula is C25H22ClNO3. The fourth-order valence-corrected chi connectivity index (χ4v) is 4.00. The molecule has 0 aliphatic carbocycles. The summed E-state index contributed by atoms with van der Waals surface area (Å²) in [6.45, 7) is 2.02. The van der Waals surface area contributed by atoms with E-state index in [0.29, 0.717) is 5.75 Å². The Morgan fingerprint density at radius 2 is 1.50 bits per heavy atom. The molecule has 0 fully saturated rings. The number of methoxy groups -OCH3 is 2. The Kier molecular flexibility index (Phi) is 5.27. The van der Waals surface area contributed by atoms with Crippen LogP contribution in [0.1, 0.15) is 16.8 Å². The molecule has 0 saturated carbocycles. The highest BCUT2D eigenvalue weighted by molar-refractivity contribution is 6.05. The highest BCUT2D eigenvalue weighted by Crippen LogP contribution is 2.36. The maximum atomic E-state index is 5.96. The molecule has 4 nitrogen and oxygen atoms in total. The van der Waals surface area contributed by atoms with Crippen LogP contribution in [0, 0.1) is 6.92 Å². The highest BCUT2D eigenvalue weighted by Gasteiger charge is 2.13. The van der Waals surface area contributed by atoms with Crippen LogP contribution in [0.15, 0.2) is 65.2 Å². The molecular weight excluding hydrogens is 398 g/mol. The number of benzene rings is 3. The number of aryl methyl sites for hydroxylation is 1. The van der Waals surface area contributed by atoms with Crippen LogP contribution in [0.5, 0.6) is 11.5 Å². The Hall–Kier alpha value is -3.24. The summed E-state index contributed by atoms with van der Waals surface area (Å²) in [5.41, 5.74) is 5.16. The molecule has 0 aliphatic rings. The van der Waals surface area contributed by atoms with Gasteiger partial charge in [0.15, 0.2) is 11.5 Å². The van der Waals surface area contributed by atoms with Gasteiger partial charge >= 0.3 is 0 Å². The van der Waals surface area contributed by atoms with Crippen molar-refractivity contribution in [1.29, 1.82) is 0 Å². The van der Waals surface area contributed by atoms with E-state index in [9.17, 15) is 0 Å². The van der Waals surface area contributed by atoms with Crippen LogP contribution in [0.25, 0.3) is 32.7 Å². The van der Waals surface area contributed by atoms with Gasteiger partial charge in [0.25, 0.3) is 0 Å². The van der Waals surface area contributed by atoms with Gasteiger partial charge in [-0.25, -0.2) is 0 Å². The second kappa shape index (κ2) is 7.88. The number of hydrogen-bond acceptors (Lipinski definition) is 4. The molecule has 0 atom stereocenters. The number of aromatic nitrogens is 1. The van der Waals surface area contributed by atoms with Crippen molar-refractivity contribution >= 4 is 45.1 Å². The van der Waals surface area contributed by atoms with Crippen molar-refractivity contribution in [3.8, 4) is 11.5 Å². The average molecular weight is 420 g/mol. The van der Waals surface area contributed by atoms with E-state index in [4.69, 9.17) is 13.9 Å². The van der Waals surface area contributed by atoms with Gasteiger partial charge in [-0.1, -0.05) is 24.3 Å². The first-order valence-corrected chi connectivity index (χ1v) is 9.58. The Labute approximate surface area is 180 Å². The van der Waals surface area contributed by atoms with E-state index in [1.807, 2.05) is 43.5 Å². The SMILES string of the molecule is COc1cc2c(Cc3ccc4oc5ccccc5c4c3)cnc(C)c2cc1OC.Cl. The number of fused-ring (bicyclic) bond motifs is 4. The summed E-state index contributed by atoms with van der Waals surface area (Å²) >= 11 is 0. The molecule has 0 spiro atoms. The van der Waals surface area contributed by atoms with E-state index < -0.39 is 0 Å². The van der Waals surface area contributed by atoms with Gasteiger partial charge in [-0.05, 0) is 60.2 Å². The Bertz CT molecular complexity index is 1370. The number of halogens is 1. The lowest BCUT2D eigenvalue weighted by Gasteiger charge is -2.13. The predicted octanol–water partition coefficient (Wildman–Crippen LogP) is 6.47. The number of hydrogen-bond donors (Lipinski definition) is 0. The van der Waals surface area contributed by atoms with Crippen molar-refractivity contribution in [2.24, 2.45) is 0 Å². The lowest BCUT2D eigenvalue weighted by atomic mass is 9.98. The fraction of sp³-hybridized carbons (Fsp3) is 0.160. The molecule has 30 heavy (non-hydrogen) atoms. The molecule has 0 saturated heterocycles. The van der Waals surface area contributed by atoms with Crippen molar-refractivity contribution in [3.63, 3.8) is 0 Å². The second-order valence-corrected chi connectivity index (χ2v) is 7.23. The van der Waals surface area contributed by atoms with E-state index in [0.717, 1.165) is 56.1 Å². The summed E-state index contributed by atoms with van der Waals surface area (Å²) in [7, 11) is 3.32. The Balaban J connectivity index is 0.00000218. The molecule has 0 aliphatic heterocycles. The molecule has 5 heteroatoms. The maximum absolute atomic E-state index is 5.96. The van der Waals surface area contributed by atoms with Gasteiger partial charge in [0.1, 0.15) is 11.2 Å². The first kappa shape index (κ1) is 20.0. The normalized spacial score (nSPS) is 11.0. The first-order valence-electron chi connectivity index (χ1n) is 9.58. The van der Waals surface area contributed by atoms with Gasteiger partial charge in [-0.3, -0.25) is 4.98 Å². The van der Waals surface area contributed by atoms with Gasteiger partial charge in [-0.15, -0.1) is 12.4 Å². The largest absolute Gasteiger partial charge is 0.493 e. The maximum Gasteiger partial charge on any atom is 0.161 e. The minimum atomic E-state index is 0. The van der Waals surface area contributed by atoms with Gasteiger partial charge in [-0.2, -0.15) is 0 Å². The molecule has 2 heterocycles. The lowest BCUT2D eigenvalue weighted by Crippen LogP contribution is -1.97. The van der Waals surface area contributed by atoms with Crippen LogP contribution in [0.4, 0.5) is 0 Å². The van der Waals surface area contributed by atoms with E-state index >= 15 is 0 Å². The van der Waals surface area contributed by atoms with E-state index in [2.05, 4.69) is 29.2 Å². The molecule has 2 aromatic heterocycles. The summed E-state index contributed by atoms with van der Waals surface area (Å²) in [6.07, 6.45) is 2.73. The number of rotatable bonds is 4. The van der Waals surface area contributed by atoms with Crippen molar-refractivity contribution in [2.45, 2.75) is 13.3 Å². The molecule has 5 aromatic rings. The predicted molar refractivity (Wildman–Crippen MR) is 123 cm³/mol. The molecule has 3 aromatic carbocycles. The summed E-state index contributed by atoms with van der Waals surface area (Å²) in [6, 6.07) is 18.6.